The minimum absolute atomic E-state index is 0.106. The van der Waals surface area contributed by atoms with Gasteiger partial charge < -0.3 is 21.3 Å². The molecule has 0 bridgehead atoms. The van der Waals surface area contributed by atoms with Crippen LogP contribution in [0.3, 0.4) is 0 Å². The van der Waals surface area contributed by atoms with Crippen molar-refractivity contribution in [2.75, 3.05) is 18.4 Å². The number of nitrogens with one attached hydrogen (secondary N) is 2. The van der Waals surface area contributed by atoms with E-state index in [1.165, 1.54) is 11.3 Å². The predicted molar refractivity (Wildman–Crippen MR) is 95.7 cm³/mol. The molecule has 2 heterocycles. The van der Waals surface area contributed by atoms with Crippen LogP contribution in [-0.2, 0) is 0 Å². The Balaban J connectivity index is 1.59. The van der Waals surface area contributed by atoms with Gasteiger partial charge in [0.1, 0.15) is 0 Å². The van der Waals surface area contributed by atoms with Crippen molar-refractivity contribution in [2.24, 2.45) is 5.73 Å². The van der Waals surface area contributed by atoms with Gasteiger partial charge in [0.2, 0.25) is 0 Å². The van der Waals surface area contributed by atoms with E-state index in [0.29, 0.717) is 35.6 Å². The molecule has 1 atom stereocenters. The molecular formula is C17H18N4O3S. The first-order valence-corrected chi connectivity index (χ1v) is 8.71. The number of anilines is 1. The number of hydrogen-bond acceptors (Lipinski definition) is 4. The summed E-state index contributed by atoms with van der Waals surface area (Å²) in [4.78, 5) is 37.7. The highest BCUT2D eigenvalue weighted by molar-refractivity contribution is 7.12. The monoisotopic (exact) mass is 358 g/mol. The Morgan fingerprint density at radius 3 is 2.56 bits per heavy atom. The Bertz CT molecular complexity index is 774. The van der Waals surface area contributed by atoms with Crippen LogP contribution in [0.25, 0.3) is 0 Å². The number of carbonyl (C=O) groups is 3. The minimum atomic E-state index is -0.579. The van der Waals surface area contributed by atoms with Gasteiger partial charge in [0.25, 0.3) is 11.8 Å². The standard InChI is InChI=1S/C17H18N4O3S/c18-17(24)20-13-7-8-21(10-13)16(23)11-3-5-12(6-4-11)19-15(22)14-2-1-9-25-14/h1-6,9,13H,7-8,10H2,(H,19,22)(H3,18,20,24)/t13-/m0/s1. The molecule has 1 aliphatic rings. The number of hydrogen-bond donors (Lipinski definition) is 3. The van der Waals surface area contributed by atoms with Gasteiger partial charge in [0.15, 0.2) is 0 Å². The van der Waals surface area contributed by atoms with Crippen LogP contribution >= 0.6 is 11.3 Å². The van der Waals surface area contributed by atoms with E-state index in [1.54, 1.807) is 35.2 Å². The Morgan fingerprint density at radius 1 is 1.16 bits per heavy atom. The fourth-order valence-electron chi connectivity index (χ4n) is 2.74. The largest absolute Gasteiger partial charge is 0.352 e. The second-order valence-corrected chi connectivity index (χ2v) is 6.70. The van der Waals surface area contributed by atoms with Crippen molar-refractivity contribution in [3.63, 3.8) is 0 Å². The van der Waals surface area contributed by atoms with E-state index < -0.39 is 6.03 Å². The molecule has 0 unspecified atom stereocenters. The molecule has 1 aromatic heterocycles. The van der Waals surface area contributed by atoms with Crippen molar-refractivity contribution in [3.8, 4) is 0 Å². The molecule has 0 radical (unpaired) electrons. The summed E-state index contributed by atoms with van der Waals surface area (Å²) in [6, 6.07) is 9.65. The summed E-state index contributed by atoms with van der Waals surface area (Å²) in [6.07, 6.45) is 0.684. The van der Waals surface area contributed by atoms with Crippen molar-refractivity contribution < 1.29 is 14.4 Å². The van der Waals surface area contributed by atoms with Gasteiger partial charge in [-0.25, -0.2) is 4.79 Å². The average molecular weight is 358 g/mol. The molecule has 1 aliphatic heterocycles. The van der Waals surface area contributed by atoms with Crippen molar-refractivity contribution >= 4 is 34.9 Å². The van der Waals surface area contributed by atoms with Gasteiger partial charge in [-0.05, 0) is 42.1 Å². The molecule has 4 N–H and O–H groups in total. The van der Waals surface area contributed by atoms with Crippen LogP contribution in [0.2, 0.25) is 0 Å². The number of carbonyl (C=O) groups excluding carboxylic acids is 3. The molecule has 0 saturated carbocycles. The summed E-state index contributed by atoms with van der Waals surface area (Å²) in [5.41, 5.74) is 6.27. The number of amides is 4. The summed E-state index contributed by atoms with van der Waals surface area (Å²) in [5, 5.41) is 7.25. The molecule has 1 saturated heterocycles. The van der Waals surface area contributed by atoms with Crippen molar-refractivity contribution in [2.45, 2.75) is 12.5 Å². The van der Waals surface area contributed by atoms with Gasteiger partial charge in [0, 0.05) is 30.4 Å². The second kappa shape index (κ2) is 7.35. The summed E-state index contributed by atoms with van der Waals surface area (Å²) >= 11 is 1.37. The first-order valence-electron chi connectivity index (χ1n) is 7.83. The molecule has 4 amide bonds. The zero-order chi connectivity index (χ0) is 17.8. The Kier molecular flexibility index (Phi) is 4.99. The highest BCUT2D eigenvalue weighted by atomic mass is 32.1. The van der Waals surface area contributed by atoms with E-state index in [2.05, 4.69) is 10.6 Å². The van der Waals surface area contributed by atoms with Crippen LogP contribution in [0.4, 0.5) is 10.5 Å². The third-order valence-corrected chi connectivity index (χ3v) is 4.83. The third-order valence-electron chi connectivity index (χ3n) is 3.96. The SMILES string of the molecule is NC(=O)N[C@H]1CCN(C(=O)c2ccc(NC(=O)c3cccs3)cc2)C1. The van der Waals surface area contributed by atoms with Crippen LogP contribution in [0, 0.1) is 0 Å². The Morgan fingerprint density at radius 2 is 1.92 bits per heavy atom. The molecule has 2 aromatic rings. The summed E-state index contributed by atoms with van der Waals surface area (Å²) in [5.74, 6) is -0.279. The van der Waals surface area contributed by atoms with E-state index >= 15 is 0 Å². The first-order chi connectivity index (χ1) is 12.0. The Hall–Kier alpha value is -2.87. The van der Waals surface area contributed by atoms with Crippen LogP contribution in [0.5, 0.6) is 0 Å². The molecule has 3 rings (SSSR count). The maximum atomic E-state index is 12.5. The van der Waals surface area contributed by atoms with Gasteiger partial charge >= 0.3 is 6.03 Å². The minimum Gasteiger partial charge on any atom is -0.352 e. The molecule has 1 fully saturated rings. The van der Waals surface area contributed by atoms with Crippen LogP contribution in [0.1, 0.15) is 26.5 Å². The van der Waals surface area contributed by atoms with Crippen LogP contribution in [-0.4, -0.2) is 41.9 Å². The molecular weight excluding hydrogens is 340 g/mol. The maximum absolute atomic E-state index is 12.5. The summed E-state index contributed by atoms with van der Waals surface area (Å²) in [6.45, 7) is 1.01. The van der Waals surface area contributed by atoms with Gasteiger partial charge in [0.05, 0.1) is 4.88 Å². The zero-order valence-corrected chi connectivity index (χ0v) is 14.2. The van der Waals surface area contributed by atoms with E-state index in [9.17, 15) is 14.4 Å². The topological polar surface area (TPSA) is 105 Å². The van der Waals surface area contributed by atoms with E-state index in [1.807, 2.05) is 11.4 Å². The quantitative estimate of drug-likeness (QED) is 0.777. The zero-order valence-electron chi connectivity index (χ0n) is 13.4. The number of likely N-dealkylation sites (tertiary alicyclic amines) is 1. The lowest BCUT2D eigenvalue weighted by molar-refractivity contribution is 0.0789. The fraction of sp³-hybridized carbons (Fsp3) is 0.235. The van der Waals surface area contributed by atoms with Crippen LogP contribution < -0.4 is 16.4 Å². The number of primary amides is 1. The van der Waals surface area contributed by atoms with Gasteiger partial charge in [-0.15, -0.1) is 11.3 Å². The number of urea groups is 1. The second-order valence-electron chi connectivity index (χ2n) is 5.75. The molecule has 25 heavy (non-hydrogen) atoms. The lowest BCUT2D eigenvalue weighted by Crippen LogP contribution is -2.41. The number of thiophene rings is 1. The van der Waals surface area contributed by atoms with Gasteiger partial charge in [-0.2, -0.15) is 0 Å². The normalized spacial score (nSPS) is 16.5. The maximum Gasteiger partial charge on any atom is 0.312 e. The molecule has 1 aromatic carbocycles. The molecule has 0 spiro atoms. The summed E-state index contributed by atoms with van der Waals surface area (Å²) in [7, 11) is 0. The number of rotatable bonds is 4. The Labute approximate surface area is 148 Å². The molecule has 0 aliphatic carbocycles. The molecule has 130 valence electrons. The lowest BCUT2D eigenvalue weighted by atomic mass is 10.2. The van der Waals surface area contributed by atoms with Crippen LogP contribution in [0.15, 0.2) is 41.8 Å². The molecule has 7 nitrogen and oxygen atoms in total. The number of benzene rings is 1. The highest BCUT2D eigenvalue weighted by Crippen LogP contribution is 2.17. The molecule has 8 heteroatoms. The number of nitrogens with two attached hydrogens (primary N) is 1. The van der Waals surface area contributed by atoms with Gasteiger partial charge in [-0.1, -0.05) is 6.07 Å². The number of nitrogens with zero attached hydrogens (tertiary/aromatic N) is 1. The van der Waals surface area contributed by atoms with Gasteiger partial charge in [-0.3, -0.25) is 9.59 Å². The van der Waals surface area contributed by atoms with Crippen molar-refractivity contribution in [1.29, 1.82) is 0 Å². The first kappa shape index (κ1) is 17.0. The smallest absolute Gasteiger partial charge is 0.312 e. The predicted octanol–water partition coefficient (Wildman–Crippen LogP) is 1.88. The van der Waals surface area contributed by atoms with Crippen molar-refractivity contribution in [1.82, 2.24) is 10.2 Å². The average Bonchev–Trinajstić information content (AvgIpc) is 3.26. The van der Waals surface area contributed by atoms with E-state index in [4.69, 9.17) is 5.73 Å². The third kappa shape index (κ3) is 4.16. The lowest BCUT2D eigenvalue weighted by Gasteiger charge is -2.17. The summed E-state index contributed by atoms with van der Waals surface area (Å²) < 4.78 is 0. The van der Waals surface area contributed by atoms with E-state index in [-0.39, 0.29) is 17.9 Å². The fourth-order valence-corrected chi connectivity index (χ4v) is 3.36. The van der Waals surface area contributed by atoms with Crippen molar-refractivity contribution in [3.05, 3.63) is 52.2 Å². The van der Waals surface area contributed by atoms with E-state index in [0.717, 1.165) is 0 Å². The highest BCUT2D eigenvalue weighted by Gasteiger charge is 2.27.